The van der Waals surface area contributed by atoms with E-state index in [1.807, 2.05) is 0 Å². The zero-order chi connectivity index (χ0) is 10.7. The van der Waals surface area contributed by atoms with Crippen LogP contribution in [0.2, 0.25) is 0 Å². The Bertz CT molecular complexity index is 337. The summed E-state index contributed by atoms with van der Waals surface area (Å²) in [5.74, 6) is -3.22. The van der Waals surface area contributed by atoms with Crippen molar-refractivity contribution in [3.63, 3.8) is 0 Å². The molecule has 1 rings (SSSR count). The molecule has 4 heteroatoms. The molecule has 0 fully saturated rings. The lowest BCUT2D eigenvalue weighted by Crippen LogP contribution is -2.20. The van der Waals surface area contributed by atoms with Gasteiger partial charge in [-0.3, -0.25) is 4.79 Å². The van der Waals surface area contributed by atoms with Gasteiger partial charge in [0.25, 0.3) is 6.43 Å². The third-order valence-electron chi connectivity index (χ3n) is 2.04. The standard InChI is InChI=1S/C10H10F2O2/c1-6-4-2-3-5-7(6)8(9(11)12)10(13)14/h2-5,8-9H,1H3,(H,13,14). The van der Waals surface area contributed by atoms with Crippen molar-refractivity contribution in [1.82, 2.24) is 0 Å². The topological polar surface area (TPSA) is 37.3 Å². The number of hydrogen-bond acceptors (Lipinski definition) is 1. The van der Waals surface area contributed by atoms with E-state index in [0.717, 1.165) is 0 Å². The average Bonchev–Trinajstić information content (AvgIpc) is 2.07. The first-order valence-electron chi connectivity index (χ1n) is 4.10. The molecule has 1 atom stereocenters. The second-order valence-corrected chi connectivity index (χ2v) is 3.01. The first-order chi connectivity index (χ1) is 6.54. The number of carboxylic acid groups (broad SMARTS) is 1. The van der Waals surface area contributed by atoms with Crippen LogP contribution in [0.15, 0.2) is 24.3 Å². The van der Waals surface area contributed by atoms with Crippen LogP contribution in [0.1, 0.15) is 17.0 Å². The molecular formula is C10H10F2O2. The number of aryl methyl sites for hydroxylation is 1. The molecule has 0 radical (unpaired) electrons. The Balaban J connectivity index is 3.12. The van der Waals surface area contributed by atoms with E-state index in [-0.39, 0.29) is 5.56 Å². The lowest BCUT2D eigenvalue weighted by atomic mass is 9.95. The van der Waals surface area contributed by atoms with Gasteiger partial charge in [-0.2, -0.15) is 0 Å². The summed E-state index contributed by atoms with van der Waals surface area (Å²) in [4.78, 5) is 10.6. The Hall–Kier alpha value is -1.45. The van der Waals surface area contributed by atoms with Crippen LogP contribution in [-0.2, 0) is 4.79 Å². The normalized spacial score (nSPS) is 12.9. The van der Waals surface area contributed by atoms with Gasteiger partial charge in [0.1, 0.15) is 5.92 Å². The smallest absolute Gasteiger partial charge is 0.316 e. The Morgan fingerprint density at radius 1 is 1.36 bits per heavy atom. The van der Waals surface area contributed by atoms with Crippen LogP contribution in [0, 0.1) is 6.92 Å². The summed E-state index contributed by atoms with van der Waals surface area (Å²) in [6, 6.07) is 6.28. The van der Waals surface area contributed by atoms with Crippen molar-refractivity contribution in [2.24, 2.45) is 0 Å². The number of halogens is 2. The fourth-order valence-electron chi connectivity index (χ4n) is 1.31. The van der Waals surface area contributed by atoms with Gasteiger partial charge in [0.2, 0.25) is 0 Å². The van der Waals surface area contributed by atoms with Crippen LogP contribution in [0.3, 0.4) is 0 Å². The number of rotatable bonds is 3. The van der Waals surface area contributed by atoms with Crippen LogP contribution >= 0.6 is 0 Å². The highest BCUT2D eigenvalue weighted by atomic mass is 19.3. The van der Waals surface area contributed by atoms with E-state index in [0.29, 0.717) is 5.56 Å². The highest BCUT2D eigenvalue weighted by Gasteiger charge is 2.30. The molecule has 0 saturated heterocycles. The SMILES string of the molecule is Cc1ccccc1C(C(=O)O)C(F)F. The number of benzene rings is 1. The molecule has 2 nitrogen and oxygen atoms in total. The van der Waals surface area contributed by atoms with Crippen molar-refractivity contribution in [3.8, 4) is 0 Å². The first kappa shape index (κ1) is 10.6. The minimum Gasteiger partial charge on any atom is -0.481 e. The van der Waals surface area contributed by atoms with Crippen LogP contribution in [0.5, 0.6) is 0 Å². The van der Waals surface area contributed by atoms with Crippen LogP contribution in [0.25, 0.3) is 0 Å². The lowest BCUT2D eigenvalue weighted by molar-refractivity contribution is -0.142. The van der Waals surface area contributed by atoms with E-state index in [1.54, 1.807) is 25.1 Å². The van der Waals surface area contributed by atoms with Crippen LogP contribution < -0.4 is 0 Å². The molecule has 0 aliphatic carbocycles. The highest BCUT2D eigenvalue weighted by Crippen LogP contribution is 2.26. The van der Waals surface area contributed by atoms with Crippen molar-refractivity contribution in [2.75, 3.05) is 0 Å². The fourth-order valence-corrected chi connectivity index (χ4v) is 1.31. The van der Waals surface area contributed by atoms with Crippen molar-refractivity contribution in [1.29, 1.82) is 0 Å². The molecule has 0 aliphatic rings. The highest BCUT2D eigenvalue weighted by molar-refractivity contribution is 5.77. The summed E-state index contributed by atoms with van der Waals surface area (Å²) in [6.07, 6.45) is -2.88. The first-order valence-corrected chi connectivity index (χ1v) is 4.10. The summed E-state index contributed by atoms with van der Waals surface area (Å²) >= 11 is 0. The monoisotopic (exact) mass is 200 g/mol. The largest absolute Gasteiger partial charge is 0.481 e. The number of carbonyl (C=O) groups is 1. The van der Waals surface area contributed by atoms with Crippen molar-refractivity contribution in [2.45, 2.75) is 19.3 Å². The molecule has 0 heterocycles. The molecule has 0 saturated carbocycles. The molecule has 0 bridgehead atoms. The van der Waals surface area contributed by atoms with Gasteiger partial charge in [0.15, 0.2) is 0 Å². The second-order valence-electron chi connectivity index (χ2n) is 3.01. The Kier molecular flexibility index (Phi) is 3.17. The van der Waals surface area contributed by atoms with Gasteiger partial charge in [-0.15, -0.1) is 0 Å². The van der Waals surface area contributed by atoms with E-state index in [9.17, 15) is 13.6 Å². The predicted molar refractivity (Wildman–Crippen MR) is 47.6 cm³/mol. The summed E-state index contributed by atoms with van der Waals surface area (Å²) in [5, 5.41) is 8.64. The molecule has 0 spiro atoms. The lowest BCUT2D eigenvalue weighted by Gasteiger charge is -2.13. The quantitative estimate of drug-likeness (QED) is 0.813. The van der Waals surface area contributed by atoms with Gasteiger partial charge in [-0.1, -0.05) is 24.3 Å². The molecule has 0 aromatic heterocycles. The molecule has 0 amide bonds. The Morgan fingerprint density at radius 2 is 1.93 bits per heavy atom. The second kappa shape index (κ2) is 4.17. The fraction of sp³-hybridized carbons (Fsp3) is 0.300. The zero-order valence-electron chi connectivity index (χ0n) is 7.58. The van der Waals surface area contributed by atoms with Gasteiger partial charge >= 0.3 is 5.97 Å². The zero-order valence-corrected chi connectivity index (χ0v) is 7.58. The number of carboxylic acids is 1. The molecule has 14 heavy (non-hydrogen) atoms. The minimum absolute atomic E-state index is 0.176. The number of aliphatic carboxylic acids is 1. The van der Waals surface area contributed by atoms with E-state index in [1.165, 1.54) is 6.07 Å². The van der Waals surface area contributed by atoms with Gasteiger partial charge in [0, 0.05) is 0 Å². The van der Waals surface area contributed by atoms with Crippen molar-refractivity contribution < 1.29 is 18.7 Å². The summed E-state index contributed by atoms with van der Waals surface area (Å²) in [6.45, 7) is 1.62. The molecule has 0 aliphatic heterocycles. The number of hydrogen-bond donors (Lipinski definition) is 1. The molecule has 76 valence electrons. The van der Waals surface area contributed by atoms with Gasteiger partial charge in [0.05, 0.1) is 0 Å². The van der Waals surface area contributed by atoms with Gasteiger partial charge < -0.3 is 5.11 Å². The van der Waals surface area contributed by atoms with E-state index < -0.39 is 18.3 Å². The Morgan fingerprint density at radius 3 is 2.36 bits per heavy atom. The molecule has 1 N–H and O–H groups in total. The maximum atomic E-state index is 12.4. The van der Waals surface area contributed by atoms with Gasteiger partial charge in [-0.05, 0) is 18.1 Å². The summed E-state index contributed by atoms with van der Waals surface area (Å²) in [5.41, 5.74) is 0.746. The molecular weight excluding hydrogens is 190 g/mol. The molecule has 1 unspecified atom stereocenters. The molecule has 1 aromatic carbocycles. The third-order valence-corrected chi connectivity index (χ3v) is 2.04. The van der Waals surface area contributed by atoms with Crippen molar-refractivity contribution in [3.05, 3.63) is 35.4 Å². The van der Waals surface area contributed by atoms with Crippen LogP contribution in [0.4, 0.5) is 8.78 Å². The minimum atomic E-state index is -2.88. The summed E-state index contributed by atoms with van der Waals surface area (Å²) < 4.78 is 24.9. The van der Waals surface area contributed by atoms with E-state index >= 15 is 0 Å². The Labute approximate surface area is 80.2 Å². The maximum Gasteiger partial charge on any atom is 0.316 e. The summed E-state index contributed by atoms with van der Waals surface area (Å²) in [7, 11) is 0. The molecule has 1 aromatic rings. The third kappa shape index (κ3) is 2.07. The average molecular weight is 200 g/mol. The predicted octanol–water partition coefficient (Wildman–Crippen LogP) is 2.43. The number of alkyl halides is 2. The van der Waals surface area contributed by atoms with Gasteiger partial charge in [-0.25, -0.2) is 8.78 Å². The maximum absolute atomic E-state index is 12.4. The van der Waals surface area contributed by atoms with Crippen molar-refractivity contribution >= 4 is 5.97 Å². The van der Waals surface area contributed by atoms with E-state index in [4.69, 9.17) is 5.11 Å². The van der Waals surface area contributed by atoms with E-state index in [2.05, 4.69) is 0 Å². The van der Waals surface area contributed by atoms with Crippen LogP contribution in [-0.4, -0.2) is 17.5 Å².